The molecule has 4 aliphatic carbocycles. The van der Waals surface area contributed by atoms with Gasteiger partial charge in [0.15, 0.2) is 28.0 Å². The topological polar surface area (TPSA) is 662 Å². The van der Waals surface area contributed by atoms with Gasteiger partial charge >= 0.3 is 0 Å². The van der Waals surface area contributed by atoms with E-state index in [4.69, 9.17) is 46.1 Å². The molecule has 0 bridgehead atoms. The number of fused-ring (bicyclic) bond motifs is 4. The third-order valence-electron chi connectivity index (χ3n) is 24.4. The Hall–Kier alpha value is -12.2. The molecule has 4 aromatic heterocycles. The summed E-state index contributed by atoms with van der Waals surface area (Å²) in [7, 11) is 0. The van der Waals surface area contributed by atoms with E-state index in [2.05, 4.69) is 0 Å². The highest BCUT2D eigenvalue weighted by atomic mass is 16.7. The number of benzene rings is 8. The summed E-state index contributed by atoms with van der Waals surface area (Å²) in [4.78, 5) is 50.4. The second-order valence-corrected chi connectivity index (χ2v) is 33.5. The van der Waals surface area contributed by atoms with Crippen molar-refractivity contribution in [3.05, 3.63) is 222 Å². The number of phenols is 6. The highest BCUT2D eigenvalue weighted by Gasteiger charge is 2.52. The maximum absolute atomic E-state index is 12.8. The molecular formula is C95H100O38. The molecule has 38 heteroatoms. The van der Waals surface area contributed by atoms with Gasteiger partial charge in [-0.1, -0.05) is 60.2 Å². The van der Waals surface area contributed by atoms with E-state index >= 15 is 0 Å². The highest BCUT2D eigenvalue weighted by molar-refractivity contribution is 5.89. The van der Waals surface area contributed by atoms with Gasteiger partial charge in [0.2, 0.25) is 0 Å². The van der Waals surface area contributed by atoms with Crippen LogP contribution >= 0.6 is 0 Å². The Kier molecular flexibility index (Phi) is 29.9. The fourth-order valence-corrected chi connectivity index (χ4v) is 16.8. The van der Waals surface area contributed by atoms with Crippen LogP contribution in [0.1, 0.15) is 38.2 Å². The van der Waals surface area contributed by atoms with Gasteiger partial charge in [-0.2, -0.15) is 0 Å². The van der Waals surface area contributed by atoms with Crippen LogP contribution in [-0.2, 0) is 9.47 Å². The number of aliphatic hydroxyl groups excluding tert-OH is 18. The summed E-state index contributed by atoms with van der Waals surface area (Å²) in [6.45, 7) is 1.72. The van der Waals surface area contributed by atoms with Crippen LogP contribution in [0.3, 0.4) is 0 Å². The van der Waals surface area contributed by atoms with Gasteiger partial charge in [0, 0.05) is 145 Å². The van der Waals surface area contributed by atoms with E-state index in [1.807, 2.05) is 37.3 Å². The average Bonchev–Trinajstić information content (AvgIpc) is 0.785. The van der Waals surface area contributed by atoms with Crippen molar-refractivity contribution in [3.63, 3.8) is 0 Å². The molecule has 38 nitrogen and oxygen atoms in total. The molecule has 5 heterocycles. The van der Waals surface area contributed by atoms with Gasteiger partial charge in [-0.3, -0.25) is 19.2 Å². The molecule has 25 atom stereocenters. The molecule has 5 fully saturated rings. The summed E-state index contributed by atoms with van der Waals surface area (Å²) < 4.78 is 57.9. The summed E-state index contributed by atoms with van der Waals surface area (Å²) >= 11 is 0. The Balaban J connectivity index is 0.000000144. The van der Waals surface area contributed by atoms with Gasteiger partial charge in [0.25, 0.3) is 0 Å². The number of aliphatic hydroxyl groups is 18. The van der Waals surface area contributed by atoms with Gasteiger partial charge in [-0.05, 0) is 88.1 Å². The fraction of sp³-hybridized carbons (Fsp3) is 0.368. The molecule has 0 radical (unpaired) electrons. The predicted octanol–water partition coefficient (Wildman–Crippen LogP) is 2.60. The van der Waals surface area contributed by atoms with Crippen LogP contribution in [0.15, 0.2) is 213 Å². The Bertz CT molecular complexity index is 6120. The predicted molar refractivity (Wildman–Crippen MR) is 468 cm³/mol. The SMILES string of the molecule is C[C@@H]1O[C@@H](O[C@@H]2[C@@H](O)[C@H](O)[C@@H](CO)C[C@H]2Oc2cc(O)c3c(=O)cc(-c4ccc(O)cc4)oc3c2)[C@H](O)[C@H](O)[C@H]1O.Cc1ccc(-c2cc(=O)c3c(O)cc(O[C@@H]4C[C@H](CO)[C@@H](O)[C@H](O)[C@H]4O)cc3o2)cc1.O=c1cc(-c2ccc(O)cc2)oc2cc(O[C@@H]3C[C@H](CO)[C@@H](O)[C@H](O)[C@H]3O)cc(O)c12.O=c1cc(-c2ccccc2)oc2cc(O[C@@H]3C[C@H](CO)[C@@H](O)[C@H](O)[C@H]3O)cc(O)c12. The van der Waals surface area contributed by atoms with Crippen LogP contribution in [-0.4, -0.2) is 277 Å². The standard InChI is InChI=1S/C28H32O13.C23H24O8.C22H22O9.C22H22O8/c1-11-22(33)24(35)26(37)28(38-11)41-27-20(6-13(10-29)23(34)25(27)36)39-15-7-16(31)21-17(32)9-18(40-19(21)8-15)12-2-4-14(30)5-3-12;1-11-2-4-12(5-3-11)17-9-16(26)20-15(25)7-14(8-18(20)31-17)30-19-6-13(10-24)21(27)23(29)22(19)28;23-9-11-5-18(21(28)22(29)20(11)27)30-13-6-14(25)19-15(26)8-16(31-17(19)7-13)10-1-3-12(24)4-2-10;23-10-12-6-18(21(27)22(28)20(12)26)29-13-7-14(24)19-15(25)9-16(30-17(19)8-13)11-4-2-1-3-5-11/h2-5,7-9,11,13,20,22-31,33-37H,6,10H2,1H3;2-5,7-9,13,19,21-25,27-29H,6,10H2,1H3;1-4,6-8,11,18,20-25,27-29H,5,9H2;1-5,7-9,12,18,20-24,26-28H,6,10H2/t11-,13+,20+,22-,23+,24+,25-,26+,27-,28-;13-,19-,21-,22+,23+;11-,18-,20-,21+,22+;12-,18-,20-,21+,22+/m0111/s1. The van der Waals surface area contributed by atoms with Crippen molar-refractivity contribution in [1.29, 1.82) is 0 Å². The second-order valence-electron chi connectivity index (χ2n) is 33.5. The minimum atomic E-state index is -1.70. The lowest BCUT2D eigenvalue weighted by Gasteiger charge is -2.45. The van der Waals surface area contributed by atoms with E-state index in [1.54, 1.807) is 48.5 Å². The van der Waals surface area contributed by atoms with Gasteiger partial charge in [0.1, 0.15) is 216 Å². The van der Waals surface area contributed by atoms with Crippen LogP contribution in [0, 0.1) is 30.6 Å². The van der Waals surface area contributed by atoms with Gasteiger partial charge in [-0.15, -0.1) is 0 Å². The maximum atomic E-state index is 12.8. The number of rotatable bonds is 18. The van der Waals surface area contributed by atoms with E-state index in [0.717, 1.165) is 11.6 Å². The molecule has 0 spiro atoms. The first kappa shape index (κ1) is 96.8. The number of hydrogen-bond donors (Lipinski definition) is 24. The van der Waals surface area contributed by atoms with Crippen molar-refractivity contribution in [1.82, 2.24) is 0 Å². The third kappa shape index (κ3) is 20.9. The van der Waals surface area contributed by atoms with Crippen molar-refractivity contribution in [3.8, 4) is 103 Å². The number of phenolic OH excluding ortho intramolecular Hbond substituents is 6. The zero-order valence-electron chi connectivity index (χ0n) is 70.8. The summed E-state index contributed by atoms with van der Waals surface area (Å²) in [6.07, 6.45) is -27.9. The zero-order valence-corrected chi connectivity index (χ0v) is 70.8. The minimum absolute atomic E-state index is 0.00361. The number of aromatic hydroxyl groups is 6. The second kappa shape index (κ2) is 41.1. The van der Waals surface area contributed by atoms with Crippen molar-refractivity contribution >= 4 is 43.9 Å². The number of ether oxygens (including phenoxy) is 6. The zero-order chi connectivity index (χ0) is 95.6. The first-order chi connectivity index (χ1) is 63.4. The van der Waals surface area contributed by atoms with E-state index in [9.17, 15) is 142 Å². The van der Waals surface area contributed by atoms with E-state index < -0.39 is 193 Å². The lowest BCUT2D eigenvalue weighted by molar-refractivity contribution is -0.325. The van der Waals surface area contributed by atoms with Gasteiger partial charge in [-0.25, -0.2) is 0 Å². The molecule has 17 rings (SSSR count). The van der Waals surface area contributed by atoms with Crippen molar-refractivity contribution in [2.24, 2.45) is 23.7 Å². The number of hydrogen-bond acceptors (Lipinski definition) is 38. The van der Waals surface area contributed by atoms with Crippen LogP contribution < -0.4 is 40.7 Å². The van der Waals surface area contributed by atoms with E-state index in [1.165, 1.54) is 97.9 Å². The van der Waals surface area contributed by atoms with E-state index in [-0.39, 0.29) is 146 Å². The van der Waals surface area contributed by atoms with Gasteiger partial charge in [0.05, 0.1) is 30.5 Å². The maximum Gasteiger partial charge on any atom is 0.197 e. The quantitative estimate of drug-likeness (QED) is 0.0587. The van der Waals surface area contributed by atoms with E-state index in [0.29, 0.717) is 33.8 Å². The monoisotopic (exact) mass is 1850 g/mol. The van der Waals surface area contributed by atoms with Crippen LogP contribution in [0.2, 0.25) is 0 Å². The molecule has 1 aliphatic heterocycles. The molecule has 8 aromatic carbocycles. The average molecular weight is 1850 g/mol. The van der Waals surface area contributed by atoms with Gasteiger partial charge < -0.3 is 169 Å². The van der Waals surface area contributed by atoms with Crippen LogP contribution in [0.4, 0.5) is 0 Å². The minimum Gasteiger partial charge on any atom is -0.508 e. The third-order valence-corrected chi connectivity index (χ3v) is 24.4. The largest absolute Gasteiger partial charge is 0.508 e. The molecule has 5 aliphatic rings. The van der Waals surface area contributed by atoms with Crippen molar-refractivity contribution in [2.45, 2.75) is 168 Å². The Morgan fingerprint density at radius 1 is 0.301 bits per heavy atom. The molecular weight excluding hydrogens is 1750 g/mol. The molecule has 0 amide bonds. The lowest BCUT2D eigenvalue weighted by atomic mass is 9.81. The van der Waals surface area contributed by atoms with Crippen molar-refractivity contribution in [2.75, 3.05) is 26.4 Å². The summed E-state index contributed by atoms with van der Waals surface area (Å²) in [5, 5.41) is 241. The molecule has 0 unspecified atom stereocenters. The molecule has 24 N–H and O–H groups in total. The number of aryl methyl sites for hydroxylation is 1. The fourth-order valence-electron chi connectivity index (χ4n) is 16.8. The lowest BCUT2D eigenvalue weighted by Crippen LogP contribution is -2.62. The molecule has 12 aromatic rings. The first-order valence-electron chi connectivity index (χ1n) is 42.3. The molecule has 133 heavy (non-hydrogen) atoms. The molecule has 4 saturated carbocycles. The summed E-state index contributed by atoms with van der Waals surface area (Å²) in [5.74, 6) is -3.03. The smallest absolute Gasteiger partial charge is 0.197 e. The summed E-state index contributed by atoms with van der Waals surface area (Å²) in [5.41, 5.74) is 1.82. The normalized spacial score (nSPS) is 28.7. The summed E-state index contributed by atoms with van der Waals surface area (Å²) in [6, 6.07) is 43.8. The van der Waals surface area contributed by atoms with Crippen LogP contribution in [0.25, 0.3) is 89.2 Å². The first-order valence-corrected chi connectivity index (χ1v) is 42.3. The Morgan fingerprint density at radius 3 is 0.880 bits per heavy atom. The Labute approximate surface area is 752 Å². The molecule has 708 valence electrons. The highest BCUT2D eigenvalue weighted by Crippen LogP contribution is 2.43. The van der Waals surface area contributed by atoms with Crippen LogP contribution in [0.5, 0.6) is 57.5 Å². The Morgan fingerprint density at radius 2 is 0.571 bits per heavy atom. The molecule has 1 saturated heterocycles. The van der Waals surface area contributed by atoms with Crippen molar-refractivity contribution < 1.29 is 169 Å².